The molecule has 12 heavy (non-hydrogen) atoms. The average Bonchev–Trinajstić information content (AvgIpc) is 2.48. The van der Waals surface area contributed by atoms with Gasteiger partial charge in [-0.1, -0.05) is 0 Å². The van der Waals surface area contributed by atoms with E-state index in [2.05, 4.69) is 0 Å². The lowest BCUT2D eigenvalue weighted by Crippen LogP contribution is -2.26. The van der Waals surface area contributed by atoms with Crippen molar-refractivity contribution in [3.05, 3.63) is 17.0 Å². The molecule has 0 radical (unpaired) electrons. The van der Waals surface area contributed by atoms with Gasteiger partial charge in [-0.05, 0) is 23.9 Å². The summed E-state index contributed by atoms with van der Waals surface area (Å²) >= 11 is 6.98. The monoisotopic (exact) mass is 203 g/mol. The number of hydrogen-bond acceptors (Lipinski definition) is 2. The van der Waals surface area contributed by atoms with Crippen molar-refractivity contribution >= 4 is 33.8 Å². The van der Waals surface area contributed by atoms with Gasteiger partial charge in [0.25, 0.3) is 0 Å². The van der Waals surface area contributed by atoms with E-state index < -0.39 is 0 Å². The lowest BCUT2D eigenvalue weighted by atomic mass is 10.3. The van der Waals surface area contributed by atoms with E-state index in [1.165, 1.54) is 0 Å². The first-order valence-electron chi connectivity index (χ1n) is 3.53. The van der Waals surface area contributed by atoms with Crippen molar-refractivity contribution in [3.63, 3.8) is 0 Å². The number of alkyl halides is 1. The molecule has 0 fully saturated rings. The zero-order valence-corrected chi connectivity index (χ0v) is 8.58. The molecule has 0 bridgehead atoms. The Kier molecular flexibility index (Phi) is 3.12. The second kappa shape index (κ2) is 3.92. The van der Waals surface area contributed by atoms with Crippen LogP contribution in [0.2, 0.25) is 0 Å². The molecule has 0 unspecified atom stereocenters. The Morgan fingerprint density at radius 2 is 2.42 bits per heavy atom. The predicted molar refractivity (Wildman–Crippen MR) is 53.2 cm³/mol. The number of rotatable bonds is 2. The summed E-state index contributed by atoms with van der Waals surface area (Å²) in [6.07, 6.45) is 0. The maximum absolute atomic E-state index is 11.2. The molecule has 0 saturated heterocycles. The van der Waals surface area contributed by atoms with Crippen molar-refractivity contribution < 1.29 is 4.79 Å². The number of carbonyl (C=O) groups excluding carboxylic acids is 1. The van der Waals surface area contributed by atoms with E-state index in [0.717, 1.165) is 10.6 Å². The third kappa shape index (κ3) is 1.79. The number of hydrogen-bond donors (Lipinski definition) is 0. The van der Waals surface area contributed by atoms with Crippen LogP contribution in [0.3, 0.4) is 0 Å². The van der Waals surface area contributed by atoms with E-state index in [1.807, 2.05) is 18.4 Å². The summed E-state index contributed by atoms with van der Waals surface area (Å²) < 4.78 is 0. The zero-order valence-electron chi connectivity index (χ0n) is 7.00. The van der Waals surface area contributed by atoms with Crippen LogP contribution < -0.4 is 4.90 Å². The van der Waals surface area contributed by atoms with Crippen molar-refractivity contribution in [2.24, 2.45) is 0 Å². The second-order valence-electron chi connectivity index (χ2n) is 2.50. The predicted octanol–water partition coefficient (Wildman–Crippen LogP) is 2.26. The van der Waals surface area contributed by atoms with Crippen molar-refractivity contribution in [1.82, 2.24) is 0 Å². The number of halogens is 1. The van der Waals surface area contributed by atoms with Gasteiger partial charge in [0.2, 0.25) is 5.91 Å². The van der Waals surface area contributed by atoms with Crippen molar-refractivity contribution in [2.45, 2.75) is 6.92 Å². The lowest BCUT2D eigenvalue weighted by Gasteiger charge is -2.14. The van der Waals surface area contributed by atoms with Crippen LogP contribution in [0.5, 0.6) is 0 Å². The summed E-state index contributed by atoms with van der Waals surface area (Å²) in [5.41, 5.74) is 1.11. The highest BCUT2D eigenvalue weighted by molar-refractivity contribution is 7.14. The fourth-order valence-corrected chi connectivity index (χ4v) is 2.01. The summed E-state index contributed by atoms with van der Waals surface area (Å²) in [4.78, 5) is 12.8. The van der Waals surface area contributed by atoms with Gasteiger partial charge in [-0.15, -0.1) is 22.9 Å². The van der Waals surface area contributed by atoms with E-state index in [4.69, 9.17) is 11.6 Å². The molecule has 0 N–H and O–H groups in total. The fourth-order valence-electron chi connectivity index (χ4n) is 0.911. The molecule has 2 nitrogen and oxygen atoms in total. The summed E-state index contributed by atoms with van der Waals surface area (Å²) in [5.74, 6) is -0.0318. The van der Waals surface area contributed by atoms with Gasteiger partial charge in [0.1, 0.15) is 10.9 Å². The molecule has 0 atom stereocenters. The third-order valence-corrected chi connectivity index (χ3v) is 2.95. The van der Waals surface area contributed by atoms with Gasteiger partial charge in [-0.25, -0.2) is 0 Å². The van der Waals surface area contributed by atoms with Crippen LogP contribution in [-0.2, 0) is 4.79 Å². The molecule has 0 spiro atoms. The largest absolute Gasteiger partial charge is 0.306 e. The molecule has 1 amide bonds. The molecule has 4 heteroatoms. The highest BCUT2D eigenvalue weighted by Gasteiger charge is 2.12. The average molecular weight is 204 g/mol. The van der Waals surface area contributed by atoms with Crippen LogP contribution >= 0.6 is 22.9 Å². The first-order valence-corrected chi connectivity index (χ1v) is 4.95. The summed E-state index contributed by atoms with van der Waals surface area (Å²) in [7, 11) is 1.74. The number of thiophene rings is 1. The molecule has 1 aromatic heterocycles. The van der Waals surface area contributed by atoms with E-state index in [9.17, 15) is 4.79 Å². The number of anilines is 1. The Morgan fingerprint density at radius 1 is 1.75 bits per heavy atom. The molecule has 1 rings (SSSR count). The highest BCUT2D eigenvalue weighted by atomic mass is 35.5. The van der Waals surface area contributed by atoms with Crippen molar-refractivity contribution in [3.8, 4) is 0 Å². The molecule has 0 saturated carbocycles. The molecule has 0 aliphatic rings. The van der Waals surface area contributed by atoms with Crippen LogP contribution in [-0.4, -0.2) is 18.8 Å². The fraction of sp³-hybridized carbons (Fsp3) is 0.375. The van der Waals surface area contributed by atoms with Crippen LogP contribution in [0.1, 0.15) is 5.56 Å². The molecular weight excluding hydrogens is 194 g/mol. The second-order valence-corrected chi connectivity index (χ2v) is 3.66. The molecule has 66 valence electrons. The molecule has 1 aromatic rings. The SMILES string of the molecule is Cc1ccsc1N(C)C(=O)CCl. The van der Waals surface area contributed by atoms with Gasteiger partial charge in [0, 0.05) is 7.05 Å². The molecule has 0 aliphatic carbocycles. The Morgan fingerprint density at radius 3 is 2.83 bits per heavy atom. The topological polar surface area (TPSA) is 20.3 Å². The van der Waals surface area contributed by atoms with E-state index in [1.54, 1.807) is 23.3 Å². The standard InChI is InChI=1S/C8H10ClNOS/c1-6-3-4-12-8(6)10(2)7(11)5-9/h3-4H,5H2,1-2H3. The van der Waals surface area contributed by atoms with Crippen LogP contribution in [0, 0.1) is 6.92 Å². The Labute approximate surface area is 80.8 Å². The Hall–Kier alpha value is -0.540. The van der Waals surface area contributed by atoms with E-state index in [0.29, 0.717) is 0 Å². The minimum absolute atomic E-state index is 0.0356. The quantitative estimate of drug-likeness (QED) is 0.676. The Balaban J connectivity index is 2.84. The number of carbonyl (C=O) groups is 1. The highest BCUT2D eigenvalue weighted by Crippen LogP contribution is 2.25. The first kappa shape index (κ1) is 9.55. The zero-order chi connectivity index (χ0) is 9.14. The summed E-state index contributed by atoms with van der Waals surface area (Å²) in [6.45, 7) is 1.98. The van der Waals surface area contributed by atoms with E-state index >= 15 is 0 Å². The summed E-state index contributed by atoms with van der Waals surface area (Å²) in [5, 5.41) is 2.93. The van der Waals surface area contributed by atoms with Crippen molar-refractivity contribution in [1.29, 1.82) is 0 Å². The smallest absolute Gasteiger partial charge is 0.242 e. The van der Waals surface area contributed by atoms with Gasteiger partial charge >= 0.3 is 0 Å². The third-order valence-electron chi connectivity index (χ3n) is 1.63. The maximum Gasteiger partial charge on any atom is 0.242 e. The van der Waals surface area contributed by atoms with Gasteiger partial charge in [0.15, 0.2) is 0 Å². The molecule has 1 heterocycles. The van der Waals surface area contributed by atoms with Gasteiger partial charge in [0.05, 0.1) is 0 Å². The molecule has 0 aromatic carbocycles. The van der Waals surface area contributed by atoms with E-state index in [-0.39, 0.29) is 11.8 Å². The van der Waals surface area contributed by atoms with Crippen LogP contribution in [0.25, 0.3) is 0 Å². The van der Waals surface area contributed by atoms with Gasteiger partial charge < -0.3 is 4.90 Å². The van der Waals surface area contributed by atoms with Gasteiger partial charge in [-0.3, -0.25) is 4.79 Å². The number of amides is 1. The minimum Gasteiger partial charge on any atom is -0.306 e. The van der Waals surface area contributed by atoms with Crippen LogP contribution in [0.15, 0.2) is 11.4 Å². The minimum atomic E-state index is -0.0674. The normalized spacial score (nSPS) is 9.92. The van der Waals surface area contributed by atoms with Crippen molar-refractivity contribution in [2.75, 3.05) is 17.8 Å². The lowest BCUT2D eigenvalue weighted by molar-refractivity contribution is -0.115. The molecular formula is C8H10ClNOS. The van der Waals surface area contributed by atoms with Crippen LogP contribution in [0.4, 0.5) is 5.00 Å². The first-order chi connectivity index (χ1) is 5.66. The van der Waals surface area contributed by atoms with Gasteiger partial charge in [-0.2, -0.15) is 0 Å². The Bertz CT molecular complexity index is 284. The molecule has 0 aliphatic heterocycles. The number of aryl methyl sites for hydroxylation is 1. The maximum atomic E-state index is 11.2. The number of nitrogens with zero attached hydrogens (tertiary/aromatic N) is 1. The summed E-state index contributed by atoms with van der Waals surface area (Å²) in [6, 6.07) is 1.98.